The molecule has 106 valence electrons. The Labute approximate surface area is 119 Å². The van der Waals surface area contributed by atoms with Crippen LogP contribution in [0.15, 0.2) is 36.5 Å². The third-order valence-electron chi connectivity index (χ3n) is 4.01. The molecule has 2 aromatic rings. The fourth-order valence-electron chi connectivity index (χ4n) is 2.92. The summed E-state index contributed by atoms with van der Waals surface area (Å²) in [6.45, 7) is 5.29. The molecule has 20 heavy (non-hydrogen) atoms. The highest BCUT2D eigenvalue weighted by molar-refractivity contribution is 5.82. The van der Waals surface area contributed by atoms with E-state index in [4.69, 9.17) is 0 Å². The van der Waals surface area contributed by atoms with E-state index >= 15 is 0 Å². The van der Waals surface area contributed by atoms with Gasteiger partial charge in [-0.3, -0.25) is 5.10 Å². The van der Waals surface area contributed by atoms with Gasteiger partial charge in [0.15, 0.2) is 0 Å². The molecular weight excluding hydrogens is 248 g/mol. The Morgan fingerprint density at radius 1 is 1.45 bits per heavy atom. The topological polar surface area (TPSA) is 44.0 Å². The average molecular weight is 270 g/mol. The first-order valence-electron chi connectivity index (χ1n) is 7.40. The lowest BCUT2D eigenvalue weighted by Gasteiger charge is -2.38. The molecule has 0 unspecified atom stereocenters. The molecule has 1 aromatic carbocycles. The van der Waals surface area contributed by atoms with Crippen molar-refractivity contribution in [3.8, 4) is 0 Å². The summed E-state index contributed by atoms with van der Waals surface area (Å²) >= 11 is 0. The number of hydrogen-bond donors (Lipinski definition) is 2. The molecule has 0 saturated carbocycles. The average Bonchev–Trinajstić information content (AvgIpc) is 2.95. The standard InChI is InChI=1S/C16H22N4/c1-2-3-4-5-15-12-17-8-9-20(15)14-6-7-16-13(10-14)11-18-19-16/h2-3,6-7,10-11,15,17H,4-5,8-9,12H2,1H3,(H,18,19)/b3-2+/t15-/m0/s1. The van der Waals surface area contributed by atoms with Crippen LogP contribution >= 0.6 is 0 Å². The number of piperazine rings is 1. The Morgan fingerprint density at radius 2 is 2.40 bits per heavy atom. The summed E-state index contributed by atoms with van der Waals surface area (Å²) < 4.78 is 0. The number of aromatic nitrogens is 2. The minimum Gasteiger partial charge on any atom is -0.366 e. The Kier molecular flexibility index (Phi) is 4.02. The number of benzene rings is 1. The van der Waals surface area contributed by atoms with Gasteiger partial charge in [-0.2, -0.15) is 5.10 Å². The molecule has 0 spiro atoms. The van der Waals surface area contributed by atoms with Gasteiger partial charge in [0.2, 0.25) is 0 Å². The number of nitrogens with zero attached hydrogens (tertiary/aromatic N) is 2. The summed E-state index contributed by atoms with van der Waals surface area (Å²) in [5.41, 5.74) is 2.42. The van der Waals surface area contributed by atoms with Crippen LogP contribution in [0.4, 0.5) is 5.69 Å². The second kappa shape index (κ2) is 6.09. The molecule has 4 heteroatoms. The molecule has 4 nitrogen and oxygen atoms in total. The Balaban J connectivity index is 1.80. The lowest BCUT2D eigenvalue weighted by atomic mass is 10.1. The summed E-state index contributed by atoms with van der Waals surface area (Å²) in [5.74, 6) is 0. The molecule has 0 aliphatic carbocycles. The van der Waals surface area contributed by atoms with E-state index in [0.29, 0.717) is 6.04 Å². The summed E-state index contributed by atoms with van der Waals surface area (Å²) in [6.07, 6.45) is 8.63. The van der Waals surface area contributed by atoms with Crippen molar-refractivity contribution in [1.82, 2.24) is 15.5 Å². The van der Waals surface area contributed by atoms with Crippen LogP contribution in [0, 0.1) is 0 Å². The molecule has 2 N–H and O–H groups in total. The summed E-state index contributed by atoms with van der Waals surface area (Å²) in [4.78, 5) is 2.53. The van der Waals surface area contributed by atoms with Gasteiger partial charge in [-0.25, -0.2) is 0 Å². The van der Waals surface area contributed by atoms with E-state index in [0.717, 1.165) is 31.6 Å². The molecule has 0 amide bonds. The van der Waals surface area contributed by atoms with E-state index < -0.39 is 0 Å². The first-order chi connectivity index (χ1) is 9.88. The van der Waals surface area contributed by atoms with Crippen molar-refractivity contribution in [2.75, 3.05) is 24.5 Å². The molecular formula is C16H22N4. The van der Waals surface area contributed by atoms with Crippen molar-refractivity contribution in [3.05, 3.63) is 36.5 Å². The van der Waals surface area contributed by atoms with Crippen molar-refractivity contribution in [1.29, 1.82) is 0 Å². The molecule has 1 fully saturated rings. The van der Waals surface area contributed by atoms with Crippen molar-refractivity contribution in [2.45, 2.75) is 25.8 Å². The predicted octanol–water partition coefficient (Wildman–Crippen LogP) is 2.70. The fraction of sp³-hybridized carbons (Fsp3) is 0.438. The maximum atomic E-state index is 4.10. The highest BCUT2D eigenvalue weighted by atomic mass is 15.2. The molecule has 1 atom stereocenters. The van der Waals surface area contributed by atoms with Crippen LogP contribution in [0.5, 0.6) is 0 Å². The number of fused-ring (bicyclic) bond motifs is 1. The zero-order valence-corrected chi connectivity index (χ0v) is 12.0. The smallest absolute Gasteiger partial charge is 0.0651 e. The Morgan fingerprint density at radius 3 is 3.30 bits per heavy atom. The van der Waals surface area contributed by atoms with E-state index in [9.17, 15) is 0 Å². The summed E-state index contributed by atoms with van der Waals surface area (Å²) in [5, 5.41) is 11.8. The highest BCUT2D eigenvalue weighted by Gasteiger charge is 2.21. The Hall–Kier alpha value is -1.81. The molecule has 1 aromatic heterocycles. The van der Waals surface area contributed by atoms with Gasteiger partial charge >= 0.3 is 0 Å². The first-order valence-corrected chi connectivity index (χ1v) is 7.40. The number of hydrogen-bond acceptors (Lipinski definition) is 3. The number of aromatic amines is 1. The van der Waals surface area contributed by atoms with Crippen LogP contribution in [0.25, 0.3) is 10.9 Å². The van der Waals surface area contributed by atoms with Crippen LogP contribution in [-0.2, 0) is 0 Å². The lowest BCUT2D eigenvalue weighted by Crippen LogP contribution is -2.51. The molecule has 1 saturated heterocycles. The minimum absolute atomic E-state index is 0.573. The summed E-state index contributed by atoms with van der Waals surface area (Å²) in [7, 11) is 0. The van der Waals surface area contributed by atoms with Gasteiger partial charge in [-0.1, -0.05) is 12.2 Å². The number of allylic oxidation sites excluding steroid dienone is 2. The van der Waals surface area contributed by atoms with Crippen LogP contribution in [-0.4, -0.2) is 35.9 Å². The SMILES string of the molecule is C/C=C/CC[C@H]1CNCCN1c1ccc2[nH]ncc2c1. The zero-order chi connectivity index (χ0) is 13.8. The largest absolute Gasteiger partial charge is 0.366 e. The predicted molar refractivity (Wildman–Crippen MR) is 84.1 cm³/mol. The van der Waals surface area contributed by atoms with Crippen LogP contribution in [0.1, 0.15) is 19.8 Å². The van der Waals surface area contributed by atoms with E-state index in [1.165, 1.54) is 17.5 Å². The highest BCUT2D eigenvalue weighted by Crippen LogP contribution is 2.24. The van der Waals surface area contributed by atoms with Crippen LogP contribution in [0.2, 0.25) is 0 Å². The fourth-order valence-corrected chi connectivity index (χ4v) is 2.92. The Bertz CT molecular complexity index is 587. The number of H-pyrrole nitrogens is 1. The molecule has 1 aliphatic heterocycles. The number of rotatable bonds is 4. The quantitative estimate of drug-likeness (QED) is 0.840. The summed E-state index contributed by atoms with van der Waals surface area (Å²) in [6, 6.07) is 7.15. The van der Waals surface area contributed by atoms with Crippen molar-refractivity contribution < 1.29 is 0 Å². The van der Waals surface area contributed by atoms with E-state index in [1.54, 1.807) is 0 Å². The molecule has 0 radical (unpaired) electrons. The monoisotopic (exact) mass is 270 g/mol. The third kappa shape index (κ3) is 2.70. The second-order valence-corrected chi connectivity index (χ2v) is 5.34. The maximum Gasteiger partial charge on any atom is 0.0651 e. The van der Waals surface area contributed by atoms with Crippen molar-refractivity contribution in [2.24, 2.45) is 0 Å². The maximum absolute atomic E-state index is 4.10. The van der Waals surface area contributed by atoms with Crippen LogP contribution in [0.3, 0.4) is 0 Å². The second-order valence-electron chi connectivity index (χ2n) is 5.34. The van der Waals surface area contributed by atoms with Gasteiger partial charge in [0.1, 0.15) is 0 Å². The number of nitrogens with one attached hydrogen (secondary N) is 2. The lowest BCUT2D eigenvalue weighted by molar-refractivity contribution is 0.456. The molecule has 2 heterocycles. The van der Waals surface area contributed by atoms with E-state index in [2.05, 4.69) is 57.7 Å². The van der Waals surface area contributed by atoms with Gasteiger partial charge < -0.3 is 10.2 Å². The van der Waals surface area contributed by atoms with Gasteiger partial charge in [0.05, 0.1) is 11.7 Å². The molecule has 3 rings (SSSR count). The minimum atomic E-state index is 0.573. The van der Waals surface area contributed by atoms with Crippen molar-refractivity contribution >= 4 is 16.6 Å². The van der Waals surface area contributed by atoms with Crippen LogP contribution < -0.4 is 10.2 Å². The van der Waals surface area contributed by atoms with Gasteiger partial charge in [0.25, 0.3) is 0 Å². The molecule has 0 bridgehead atoms. The molecule has 1 aliphatic rings. The van der Waals surface area contributed by atoms with Crippen molar-refractivity contribution in [3.63, 3.8) is 0 Å². The first kappa shape index (κ1) is 13.2. The normalized spacial score (nSPS) is 20.1. The van der Waals surface area contributed by atoms with Gasteiger partial charge in [-0.15, -0.1) is 0 Å². The van der Waals surface area contributed by atoms with E-state index in [-0.39, 0.29) is 0 Å². The third-order valence-corrected chi connectivity index (χ3v) is 4.01. The zero-order valence-electron chi connectivity index (χ0n) is 12.0. The van der Waals surface area contributed by atoms with Gasteiger partial charge in [-0.05, 0) is 38.0 Å². The van der Waals surface area contributed by atoms with Gasteiger partial charge in [0, 0.05) is 36.7 Å². The number of anilines is 1. The van der Waals surface area contributed by atoms with E-state index in [1.807, 2.05) is 6.20 Å².